The van der Waals surface area contributed by atoms with Crippen LogP contribution in [0.25, 0.3) is 0 Å². The molecule has 0 radical (unpaired) electrons. The number of nitrogens with zero attached hydrogens (tertiary/aromatic N) is 1. The predicted molar refractivity (Wildman–Crippen MR) is 93.1 cm³/mol. The lowest BCUT2D eigenvalue weighted by molar-refractivity contribution is 0.101. The van der Waals surface area contributed by atoms with Gasteiger partial charge in [-0.2, -0.15) is 0 Å². The van der Waals surface area contributed by atoms with Crippen LogP contribution in [-0.4, -0.2) is 15.0 Å². The number of aromatic nitrogens is 1. The van der Waals surface area contributed by atoms with Crippen LogP contribution in [0.5, 0.6) is 0 Å². The molecule has 2 rings (SSSR count). The average Bonchev–Trinajstić information content (AvgIpc) is 2.79. The lowest BCUT2D eigenvalue weighted by Crippen LogP contribution is -2.09. The Kier molecular flexibility index (Phi) is 5.29. The molecular weight excluding hydrogens is 314 g/mol. The van der Waals surface area contributed by atoms with Gasteiger partial charge in [-0.15, -0.1) is 11.3 Å². The molecule has 1 unspecified atom stereocenters. The molecule has 1 atom stereocenters. The Balaban J connectivity index is 2.27. The molecule has 1 aromatic carbocycles. The standard InChI is InChI=1S/C17H21NO2S2/c1-10-6-11(2)17(13(4)19)12(3)16(10)9-22(20)8-15-7-21-14(5)18-15/h6-7H,8-9H2,1-5H3. The van der Waals surface area contributed by atoms with E-state index in [-0.39, 0.29) is 5.78 Å². The van der Waals surface area contributed by atoms with Crippen molar-refractivity contribution in [3.63, 3.8) is 0 Å². The van der Waals surface area contributed by atoms with Crippen LogP contribution in [0.4, 0.5) is 0 Å². The van der Waals surface area contributed by atoms with Crippen LogP contribution >= 0.6 is 11.3 Å². The maximum Gasteiger partial charge on any atom is 0.160 e. The molecule has 0 bridgehead atoms. The van der Waals surface area contributed by atoms with Crippen molar-refractivity contribution < 1.29 is 9.00 Å². The minimum atomic E-state index is -1.02. The summed E-state index contributed by atoms with van der Waals surface area (Å²) in [6.07, 6.45) is 0. The summed E-state index contributed by atoms with van der Waals surface area (Å²) < 4.78 is 12.5. The van der Waals surface area contributed by atoms with Gasteiger partial charge >= 0.3 is 0 Å². The van der Waals surface area contributed by atoms with E-state index in [1.54, 1.807) is 18.3 Å². The largest absolute Gasteiger partial charge is 0.294 e. The van der Waals surface area contributed by atoms with E-state index < -0.39 is 10.8 Å². The Morgan fingerprint density at radius 3 is 2.41 bits per heavy atom. The lowest BCUT2D eigenvalue weighted by atomic mass is 9.92. The first-order valence-electron chi connectivity index (χ1n) is 7.16. The first kappa shape index (κ1) is 17.0. The lowest BCUT2D eigenvalue weighted by Gasteiger charge is -2.15. The van der Waals surface area contributed by atoms with Crippen molar-refractivity contribution in [2.24, 2.45) is 0 Å². The number of aryl methyl sites for hydroxylation is 3. The number of benzene rings is 1. The topological polar surface area (TPSA) is 47.0 Å². The van der Waals surface area contributed by atoms with Crippen molar-refractivity contribution in [1.29, 1.82) is 0 Å². The van der Waals surface area contributed by atoms with Gasteiger partial charge in [0.2, 0.25) is 0 Å². The van der Waals surface area contributed by atoms with Crippen LogP contribution in [0.1, 0.15) is 50.2 Å². The Labute approximate surface area is 138 Å². The highest BCUT2D eigenvalue weighted by Gasteiger charge is 2.16. The summed E-state index contributed by atoms with van der Waals surface area (Å²) in [7, 11) is -1.02. The molecule has 0 aliphatic heterocycles. The fraction of sp³-hybridized carbons (Fsp3) is 0.412. The molecule has 2 aromatic rings. The van der Waals surface area contributed by atoms with E-state index in [4.69, 9.17) is 0 Å². The molecule has 0 N–H and O–H groups in total. The third-order valence-corrected chi connectivity index (χ3v) is 5.81. The van der Waals surface area contributed by atoms with Crippen LogP contribution in [0.2, 0.25) is 0 Å². The summed E-state index contributed by atoms with van der Waals surface area (Å²) in [5.74, 6) is 0.999. The van der Waals surface area contributed by atoms with Crippen molar-refractivity contribution >= 4 is 27.9 Å². The van der Waals surface area contributed by atoms with Gasteiger partial charge in [0.05, 0.1) is 16.5 Å². The van der Waals surface area contributed by atoms with Crippen LogP contribution in [-0.2, 0) is 22.3 Å². The maximum atomic E-state index is 12.5. The van der Waals surface area contributed by atoms with E-state index in [0.29, 0.717) is 11.5 Å². The predicted octanol–water partition coefficient (Wildman–Crippen LogP) is 4.03. The van der Waals surface area contributed by atoms with E-state index in [1.165, 1.54) is 0 Å². The van der Waals surface area contributed by atoms with E-state index in [9.17, 15) is 9.00 Å². The Morgan fingerprint density at radius 1 is 1.18 bits per heavy atom. The van der Waals surface area contributed by atoms with Gasteiger partial charge in [0, 0.05) is 27.5 Å². The molecule has 0 saturated carbocycles. The van der Waals surface area contributed by atoms with Crippen molar-refractivity contribution in [2.45, 2.75) is 46.1 Å². The van der Waals surface area contributed by atoms with Crippen molar-refractivity contribution in [3.05, 3.63) is 50.0 Å². The van der Waals surface area contributed by atoms with Gasteiger partial charge in [-0.1, -0.05) is 6.07 Å². The van der Waals surface area contributed by atoms with Crippen LogP contribution in [0, 0.1) is 27.7 Å². The molecule has 3 nitrogen and oxygen atoms in total. The number of rotatable bonds is 5. The molecule has 0 aliphatic carbocycles. The third kappa shape index (κ3) is 3.70. The highest BCUT2D eigenvalue weighted by Crippen LogP contribution is 2.25. The summed E-state index contributed by atoms with van der Waals surface area (Å²) in [5, 5.41) is 2.96. The Hall–Kier alpha value is -1.33. The smallest absolute Gasteiger partial charge is 0.160 e. The van der Waals surface area contributed by atoms with Crippen LogP contribution in [0.3, 0.4) is 0 Å². The normalized spacial score (nSPS) is 12.4. The molecule has 0 fully saturated rings. The molecule has 0 spiro atoms. The van der Waals surface area contributed by atoms with Crippen LogP contribution < -0.4 is 0 Å². The molecule has 118 valence electrons. The maximum absolute atomic E-state index is 12.5. The zero-order chi connectivity index (χ0) is 16.4. The fourth-order valence-corrected chi connectivity index (χ4v) is 4.91. The summed E-state index contributed by atoms with van der Waals surface area (Å²) in [4.78, 5) is 16.2. The number of carbonyl (C=O) groups excluding carboxylic acids is 1. The highest BCUT2D eigenvalue weighted by molar-refractivity contribution is 7.83. The summed E-state index contributed by atoms with van der Waals surface area (Å²) in [5.41, 5.74) is 5.74. The summed E-state index contributed by atoms with van der Waals surface area (Å²) >= 11 is 1.58. The molecule has 0 amide bonds. The highest BCUT2D eigenvalue weighted by atomic mass is 32.2. The van der Waals surface area contributed by atoms with Crippen molar-refractivity contribution in [1.82, 2.24) is 4.98 Å². The second-order valence-corrected chi connectivity index (χ2v) is 8.15. The monoisotopic (exact) mass is 335 g/mol. The molecule has 0 saturated heterocycles. The van der Waals surface area contributed by atoms with Gasteiger partial charge in [0.1, 0.15) is 0 Å². The van der Waals surface area contributed by atoms with Gasteiger partial charge in [-0.3, -0.25) is 9.00 Å². The van der Waals surface area contributed by atoms with Gasteiger partial charge in [0.15, 0.2) is 5.78 Å². The molecule has 0 aliphatic rings. The first-order valence-corrected chi connectivity index (χ1v) is 9.53. The van der Waals surface area contributed by atoms with Gasteiger partial charge in [-0.25, -0.2) is 4.98 Å². The van der Waals surface area contributed by atoms with Gasteiger partial charge < -0.3 is 0 Å². The number of thiazole rings is 1. The van der Waals surface area contributed by atoms with Crippen molar-refractivity contribution in [2.75, 3.05) is 0 Å². The quantitative estimate of drug-likeness (QED) is 0.775. The SMILES string of the molecule is CC(=O)c1c(C)cc(C)c(CS(=O)Cc2csc(C)n2)c1C. The fourth-order valence-electron chi connectivity index (χ4n) is 2.84. The summed E-state index contributed by atoms with van der Waals surface area (Å²) in [6.45, 7) is 9.46. The average molecular weight is 335 g/mol. The first-order chi connectivity index (χ1) is 10.3. The minimum Gasteiger partial charge on any atom is -0.294 e. The number of ketones is 1. The van der Waals surface area contributed by atoms with E-state index in [2.05, 4.69) is 4.98 Å². The molecule has 5 heteroatoms. The minimum absolute atomic E-state index is 0.0668. The van der Waals surface area contributed by atoms with Crippen molar-refractivity contribution in [3.8, 4) is 0 Å². The van der Waals surface area contributed by atoms with E-state index >= 15 is 0 Å². The number of carbonyl (C=O) groups is 1. The Morgan fingerprint density at radius 2 is 1.86 bits per heavy atom. The van der Waals surface area contributed by atoms with E-state index in [0.717, 1.165) is 38.5 Å². The van der Waals surface area contributed by atoms with Crippen LogP contribution in [0.15, 0.2) is 11.4 Å². The van der Waals surface area contributed by atoms with Gasteiger partial charge in [0.25, 0.3) is 0 Å². The van der Waals surface area contributed by atoms with E-state index in [1.807, 2.05) is 39.1 Å². The molecule has 22 heavy (non-hydrogen) atoms. The zero-order valence-corrected chi connectivity index (χ0v) is 15.3. The zero-order valence-electron chi connectivity index (χ0n) is 13.6. The second kappa shape index (κ2) is 6.84. The number of hydrogen-bond acceptors (Lipinski definition) is 4. The molecule has 1 aromatic heterocycles. The summed E-state index contributed by atoms with van der Waals surface area (Å²) in [6, 6.07) is 2.02. The molecular formula is C17H21NO2S2. The second-order valence-electron chi connectivity index (χ2n) is 5.63. The number of Topliss-reactive ketones (excluding diaryl/α,β-unsaturated/α-hetero) is 1. The Bertz CT molecular complexity index is 747. The number of hydrogen-bond donors (Lipinski definition) is 0. The molecule has 1 heterocycles. The third-order valence-electron chi connectivity index (χ3n) is 3.76. The van der Waals surface area contributed by atoms with Gasteiger partial charge in [-0.05, 0) is 56.9 Å².